The number of anilines is 1. The van der Waals surface area contributed by atoms with E-state index < -0.39 is 0 Å². The van der Waals surface area contributed by atoms with E-state index in [1.807, 2.05) is 24.3 Å². The molecular formula is C10H10ClN3O. The predicted octanol–water partition coefficient (Wildman–Crippen LogP) is 2.64. The molecule has 4 nitrogen and oxygen atoms in total. The Morgan fingerprint density at radius 3 is 2.67 bits per heavy atom. The normalized spacial score (nSPS) is 10.3. The van der Waals surface area contributed by atoms with Gasteiger partial charge in [-0.2, -0.15) is 4.98 Å². The minimum atomic E-state index is 0.516. The Kier molecular flexibility index (Phi) is 2.87. The molecule has 1 N–H and O–H groups in total. The molecule has 78 valence electrons. The van der Waals surface area contributed by atoms with E-state index in [0.717, 1.165) is 5.69 Å². The Hall–Kier alpha value is -1.55. The van der Waals surface area contributed by atoms with Crippen molar-refractivity contribution in [1.29, 1.82) is 0 Å². The summed E-state index contributed by atoms with van der Waals surface area (Å²) in [7, 11) is 0. The SMILES string of the molecule is Cc1noc(CNc2ccc(Cl)cc2)n1. The van der Waals surface area contributed by atoms with Gasteiger partial charge in [0.25, 0.3) is 0 Å². The molecule has 5 heteroatoms. The third kappa shape index (κ3) is 2.70. The lowest BCUT2D eigenvalue weighted by Crippen LogP contribution is -1.99. The van der Waals surface area contributed by atoms with E-state index >= 15 is 0 Å². The van der Waals surface area contributed by atoms with Gasteiger partial charge in [-0.05, 0) is 31.2 Å². The number of nitrogens with one attached hydrogen (secondary N) is 1. The molecule has 0 aliphatic heterocycles. The summed E-state index contributed by atoms with van der Waals surface area (Å²) in [6, 6.07) is 7.43. The molecule has 2 rings (SSSR count). The summed E-state index contributed by atoms with van der Waals surface area (Å²) >= 11 is 5.76. The van der Waals surface area contributed by atoms with Crippen molar-refractivity contribution in [2.75, 3.05) is 5.32 Å². The van der Waals surface area contributed by atoms with E-state index in [1.165, 1.54) is 0 Å². The number of nitrogens with zero attached hydrogens (tertiary/aromatic N) is 2. The van der Waals surface area contributed by atoms with E-state index in [4.69, 9.17) is 16.1 Å². The van der Waals surface area contributed by atoms with Crippen LogP contribution in [0.5, 0.6) is 0 Å². The zero-order chi connectivity index (χ0) is 10.7. The van der Waals surface area contributed by atoms with Gasteiger partial charge in [0, 0.05) is 10.7 Å². The highest BCUT2D eigenvalue weighted by atomic mass is 35.5. The first-order valence-electron chi connectivity index (χ1n) is 4.52. The molecule has 0 unspecified atom stereocenters. The fourth-order valence-electron chi connectivity index (χ4n) is 1.16. The van der Waals surface area contributed by atoms with Gasteiger partial charge in [0.1, 0.15) is 0 Å². The zero-order valence-electron chi connectivity index (χ0n) is 8.20. The Morgan fingerprint density at radius 1 is 1.33 bits per heavy atom. The molecule has 0 aliphatic rings. The van der Waals surface area contributed by atoms with Crippen molar-refractivity contribution in [2.24, 2.45) is 0 Å². The average Bonchev–Trinajstić information content (AvgIpc) is 2.64. The van der Waals surface area contributed by atoms with Gasteiger partial charge in [-0.15, -0.1) is 0 Å². The molecule has 2 aromatic rings. The van der Waals surface area contributed by atoms with E-state index in [1.54, 1.807) is 6.92 Å². The van der Waals surface area contributed by atoms with Gasteiger partial charge < -0.3 is 9.84 Å². The smallest absolute Gasteiger partial charge is 0.245 e. The molecule has 0 spiro atoms. The van der Waals surface area contributed by atoms with Crippen molar-refractivity contribution in [3.63, 3.8) is 0 Å². The van der Waals surface area contributed by atoms with Crippen molar-refractivity contribution in [3.8, 4) is 0 Å². The number of hydrogen-bond acceptors (Lipinski definition) is 4. The van der Waals surface area contributed by atoms with Crippen LogP contribution in [-0.2, 0) is 6.54 Å². The molecule has 0 saturated heterocycles. The summed E-state index contributed by atoms with van der Waals surface area (Å²) in [6.45, 7) is 2.30. The third-order valence-electron chi connectivity index (χ3n) is 1.86. The first-order valence-corrected chi connectivity index (χ1v) is 4.90. The highest BCUT2D eigenvalue weighted by Crippen LogP contribution is 2.13. The lowest BCUT2D eigenvalue weighted by Gasteiger charge is -2.02. The maximum absolute atomic E-state index is 5.76. The second-order valence-corrected chi connectivity index (χ2v) is 3.53. The van der Waals surface area contributed by atoms with Crippen LogP contribution in [0.2, 0.25) is 5.02 Å². The summed E-state index contributed by atoms with van der Waals surface area (Å²) in [6.07, 6.45) is 0. The minimum Gasteiger partial charge on any atom is -0.376 e. The summed E-state index contributed by atoms with van der Waals surface area (Å²) in [5, 5.41) is 7.56. The van der Waals surface area contributed by atoms with Gasteiger partial charge in [0.2, 0.25) is 5.89 Å². The maximum Gasteiger partial charge on any atom is 0.245 e. The van der Waals surface area contributed by atoms with Gasteiger partial charge in [0.05, 0.1) is 6.54 Å². The van der Waals surface area contributed by atoms with E-state index in [2.05, 4.69) is 15.5 Å². The molecule has 0 atom stereocenters. The lowest BCUT2D eigenvalue weighted by atomic mass is 10.3. The van der Waals surface area contributed by atoms with E-state index in [9.17, 15) is 0 Å². The maximum atomic E-state index is 5.76. The van der Waals surface area contributed by atoms with Crippen LogP contribution in [0.25, 0.3) is 0 Å². The van der Waals surface area contributed by atoms with Crippen LogP contribution in [0.4, 0.5) is 5.69 Å². The lowest BCUT2D eigenvalue weighted by molar-refractivity contribution is 0.379. The van der Waals surface area contributed by atoms with Gasteiger partial charge in [-0.1, -0.05) is 16.8 Å². The molecule has 0 radical (unpaired) electrons. The van der Waals surface area contributed by atoms with Gasteiger partial charge >= 0.3 is 0 Å². The highest BCUT2D eigenvalue weighted by molar-refractivity contribution is 6.30. The van der Waals surface area contributed by atoms with E-state index in [0.29, 0.717) is 23.3 Å². The Morgan fingerprint density at radius 2 is 2.07 bits per heavy atom. The molecule has 0 saturated carbocycles. The molecule has 1 aromatic carbocycles. The second kappa shape index (κ2) is 4.31. The molecule has 0 aliphatic carbocycles. The highest BCUT2D eigenvalue weighted by Gasteiger charge is 2.01. The first kappa shape index (κ1) is 9.98. The van der Waals surface area contributed by atoms with Crippen molar-refractivity contribution < 1.29 is 4.52 Å². The van der Waals surface area contributed by atoms with Crippen molar-refractivity contribution in [1.82, 2.24) is 10.1 Å². The Balaban J connectivity index is 1.96. The quantitative estimate of drug-likeness (QED) is 0.869. The predicted molar refractivity (Wildman–Crippen MR) is 57.8 cm³/mol. The van der Waals surface area contributed by atoms with E-state index in [-0.39, 0.29) is 0 Å². The molecule has 0 fully saturated rings. The summed E-state index contributed by atoms with van der Waals surface area (Å²) < 4.78 is 4.96. The Bertz CT molecular complexity index is 438. The van der Waals surface area contributed by atoms with Crippen molar-refractivity contribution >= 4 is 17.3 Å². The molecule has 0 bridgehead atoms. The number of rotatable bonds is 3. The number of aromatic nitrogens is 2. The number of aryl methyl sites for hydroxylation is 1. The van der Waals surface area contributed by atoms with Gasteiger partial charge in [-0.25, -0.2) is 0 Å². The van der Waals surface area contributed by atoms with Crippen LogP contribution in [0.3, 0.4) is 0 Å². The van der Waals surface area contributed by atoms with Crippen LogP contribution in [0, 0.1) is 6.92 Å². The molecule has 0 amide bonds. The summed E-state index contributed by atoms with van der Waals surface area (Å²) in [4.78, 5) is 4.08. The first-order chi connectivity index (χ1) is 7.24. The van der Waals surface area contributed by atoms with Crippen molar-refractivity contribution in [2.45, 2.75) is 13.5 Å². The molecule has 15 heavy (non-hydrogen) atoms. The fraction of sp³-hybridized carbons (Fsp3) is 0.200. The molecular weight excluding hydrogens is 214 g/mol. The minimum absolute atomic E-state index is 0.516. The number of halogens is 1. The zero-order valence-corrected chi connectivity index (χ0v) is 8.95. The topological polar surface area (TPSA) is 51.0 Å². The summed E-state index contributed by atoms with van der Waals surface area (Å²) in [5.41, 5.74) is 0.968. The van der Waals surface area contributed by atoms with Gasteiger partial charge in [0.15, 0.2) is 5.82 Å². The Labute approximate surface area is 92.3 Å². The van der Waals surface area contributed by atoms with Crippen LogP contribution in [0.1, 0.15) is 11.7 Å². The monoisotopic (exact) mass is 223 g/mol. The van der Waals surface area contributed by atoms with Crippen LogP contribution in [-0.4, -0.2) is 10.1 Å². The number of benzene rings is 1. The standard InChI is InChI=1S/C10H10ClN3O/c1-7-13-10(15-14-7)6-12-9-4-2-8(11)3-5-9/h2-5,12H,6H2,1H3. The average molecular weight is 224 g/mol. The van der Waals surface area contributed by atoms with Gasteiger partial charge in [-0.3, -0.25) is 0 Å². The number of hydrogen-bond donors (Lipinski definition) is 1. The molecule has 1 heterocycles. The summed E-state index contributed by atoms with van der Waals surface area (Å²) in [5.74, 6) is 1.21. The van der Waals surface area contributed by atoms with Crippen LogP contribution >= 0.6 is 11.6 Å². The molecule has 1 aromatic heterocycles. The largest absolute Gasteiger partial charge is 0.376 e. The van der Waals surface area contributed by atoms with Crippen LogP contribution in [0.15, 0.2) is 28.8 Å². The third-order valence-corrected chi connectivity index (χ3v) is 2.11. The van der Waals surface area contributed by atoms with Crippen molar-refractivity contribution in [3.05, 3.63) is 41.0 Å². The second-order valence-electron chi connectivity index (χ2n) is 3.10. The fourth-order valence-corrected chi connectivity index (χ4v) is 1.28. The van der Waals surface area contributed by atoms with Crippen LogP contribution < -0.4 is 5.32 Å².